The number of amides is 2. The minimum atomic E-state index is -0.0996. The number of rotatable bonds is 3. The lowest BCUT2D eigenvalue weighted by Crippen LogP contribution is -2.52. The van der Waals surface area contributed by atoms with Crippen molar-refractivity contribution in [2.45, 2.75) is 39.0 Å². The second kappa shape index (κ2) is 7.86. The number of hydrogen-bond acceptors (Lipinski definition) is 4. The molecule has 4 rings (SSSR count). The first kappa shape index (κ1) is 18.8. The quantitative estimate of drug-likeness (QED) is 0.811. The van der Waals surface area contributed by atoms with Crippen molar-refractivity contribution in [1.29, 1.82) is 0 Å². The predicted octanol–water partition coefficient (Wildman–Crippen LogP) is 3.61. The maximum absolute atomic E-state index is 13.0. The molecule has 6 heteroatoms. The first-order valence-corrected chi connectivity index (χ1v) is 10.2. The minimum Gasteiger partial charge on any atom is -0.497 e. The highest BCUT2D eigenvalue weighted by atomic mass is 16.5. The van der Waals surface area contributed by atoms with Crippen molar-refractivity contribution in [3.63, 3.8) is 0 Å². The SMILES string of the molecule is COc1ccc2oc(C(=O)N3CCN(C(=O)C4CCCCC4)CC3)c(C)c2c1. The molecule has 1 aromatic carbocycles. The molecule has 28 heavy (non-hydrogen) atoms. The molecule has 1 saturated carbocycles. The van der Waals surface area contributed by atoms with E-state index >= 15 is 0 Å². The molecular weight excluding hydrogens is 356 g/mol. The lowest BCUT2D eigenvalue weighted by molar-refractivity contribution is -0.138. The molecule has 2 heterocycles. The van der Waals surface area contributed by atoms with E-state index in [0.717, 1.165) is 42.4 Å². The number of carbonyl (C=O) groups is 2. The van der Waals surface area contributed by atoms with Gasteiger partial charge in [0.05, 0.1) is 7.11 Å². The Morgan fingerprint density at radius 2 is 1.71 bits per heavy atom. The van der Waals surface area contributed by atoms with E-state index in [1.165, 1.54) is 6.42 Å². The zero-order chi connectivity index (χ0) is 19.7. The summed E-state index contributed by atoms with van der Waals surface area (Å²) in [5, 5.41) is 0.897. The average Bonchev–Trinajstić information content (AvgIpc) is 3.09. The number of hydrogen-bond donors (Lipinski definition) is 0. The van der Waals surface area contributed by atoms with Gasteiger partial charge in [-0.3, -0.25) is 9.59 Å². The highest BCUT2D eigenvalue weighted by molar-refractivity contribution is 5.99. The van der Waals surface area contributed by atoms with Gasteiger partial charge in [0.15, 0.2) is 5.76 Å². The topological polar surface area (TPSA) is 63.0 Å². The highest BCUT2D eigenvalue weighted by Gasteiger charge is 2.31. The predicted molar refractivity (Wildman–Crippen MR) is 107 cm³/mol. The van der Waals surface area contributed by atoms with Crippen molar-refractivity contribution >= 4 is 22.8 Å². The smallest absolute Gasteiger partial charge is 0.290 e. The van der Waals surface area contributed by atoms with Gasteiger partial charge in [-0.1, -0.05) is 19.3 Å². The van der Waals surface area contributed by atoms with Gasteiger partial charge in [0, 0.05) is 43.0 Å². The van der Waals surface area contributed by atoms with Crippen LogP contribution in [0, 0.1) is 12.8 Å². The third-order valence-electron chi connectivity index (χ3n) is 6.17. The van der Waals surface area contributed by atoms with Crippen molar-refractivity contribution in [3.8, 4) is 5.75 Å². The molecule has 0 radical (unpaired) electrons. The molecule has 1 saturated heterocycles. The van der Waals surface area contributed by atoms with Crippen molar-refractivity contribution < 1.29 is 18.7 Å². The van der Waals surface area contributed by atoms with Crippen molar-refractivity contribution in [3.05, 3.63) is 29.5 Å². The van der Waals surface area contributed by atoms with Crippen molar-refractivity contribution in [1.82, 2.24) is 9.80 Å². The van der Waals surface area contributed by atoms with E-state index in [4.69, 9.17) is 9.15 Å². The number of methoxy groups -OCH3 is 1. The first-order valence-electron chi connectivity index (χ1n) is 10.2. The Labute approximate surface area is 165 Å². The summed E-state index contributed by atoms with van der Waals surface area (Å²) in [6.07, 6.45) is 5.59. The van der Waals surface area contributed by atoms with Crippen LogP contribution < -0.4 is 4.74 Å². The van der Waals surface area contributed by atoms with Gasteiger partial charge in [-0.05, 0) is 38.0 Å². The molecule has 6 nitrogen and oxygen atoms in total. The summed E-state index contributed by atoms with van der Waals surface area (Å²) in [7, 11) is 1.62. The summed E-state index contributed by atoms with van der Waals surface area (Å²) >= 11 is 0. The molecule has 1 aliphatic heterocycles. The highest BCUT2D eigenvalue weighted by Crippen LogP contribution is 2.30. The van der Waals surface area contributed by atoms with E-state index in [9.17, 15) is 9.59 Å². The lowest BCUT2D eigenvalue weighted by Gasteiger charge is -2.36. The van der Waals surface area contributed by atoms with Crippen LogP contribution >= 0.6 is 0 Å². The fourth-order valence-electron chi connectivity index (χ4n) is 4.41. The molecule has 0 unspecified atom stereocenters. The molecule has 150 valence electrons. The van der Waals surface area contributed by atoms with Gasteiger partial charge in [-0.15, -0.1) is 0 Å². The van der Waals surface area contributed by atoms with Crippen LogP contribution in [0.5, 0.6) is 5.75 Å². The van der Waals surface area contributed by atoms with E-state index < -0.39 is 0 Å². The molecule has 1 aliphatic carbocycles. The Morgan fingerprint density at radius 3 is 2.39 bits per heavy atom. The lowest BCUT2D eigenvalue weighted by atomic mass is 9.88. The number of furan rings is 1. The monoisotopic (exact) mass is 384 g/mol. The van der Waals surface area contributed by atoms with E-state index in [0.29, 0.717) is 37.5 Å². The largest absolute Gasteiger partial charge is 0.497 e. The molecule has 2 amide bonds. The number of carbonyl (C=O) groups excluding carboxylic acids is 2. The third-order valence-corrected chi connectivity index (χ3v) is 6.17. The summed E-state index contributed by atoms with van der Waals surface area (Å²) < 4.78 is 11.1. The van der Waals surface area contributed by atoms with Gasteiger partial charge in [0.1, 0.15) is 11.3 Å². The van der Waals surface area contributed by atoms with Gasteiger partial charge in [0.25, 0.3) is 5.91 Å². The van der Waals surface area contributed by atoms with Crippen LogP contribution in [0.25, 0.3) is 11.0 Å². The Balaban J connectivity index is 1.43. The molecule has 0 N–H and O–H groups in total. The second-order valence-corrected chi connectivity index (χ2v) is 7.87. The van der Waals surface area contributed by atoms with Crippen LogP contribution in [0.1, 0.15) is 48.2 Å². The summed E-state index contributed by atoms with van der Waals surface area (Å²) in [4.78, 5) is 29.5. The zero-order valence-electron chi connectivity index (χ0n) is 16.7. The minimum absolute atomic E-state index is 0.0996. The van der Waals surface area contributed by atoms with Crippen LogP contribution in [0.2, 0.25) is 0 Å². The van der Waals surface area contributed by atoms with Gasteiger partial charge >= 0.3 is 0 Å². The normalized spacial score (nSPS) is 18.5. The van der Waals surface area contributed by atoms with E-state index in [1.807, 2.05) is 30.0 Å². The van der Waals surface area contributed by atoms with Gasteiger partial charge in [-0.2, -0.15) is 0 Å². The standard InChI is InChI=1S/C22H28N2O4/c1-15-18-14-17(27-2)8-9-19(18)28-20(15)22(26)24-12-10-23(11-13-24)21(25)16-6-4-3-5-7-16/h8-9,14,16H,3-7,10-13H2,1-2H3. The van der Waals surface area contributed by atoms with Crippen LogP contribution in [0.4, 0.5) is 0 Å². The Kier molecular flexibility index (Phi) is 5.29. The Hall–Kier alpha value is -2.50. The molecule has 2 fully saturated rings. The number of benzene rings is 1. The molecule has 2 aromatic rings. The fraction of sp³-hybridized carbons (Fsp3) is 0.545. The fourth-order valence-corrected chi connectivity index (χ4v) is 4.41. The second-order valence-electron chi connectivity index (χ2n) is 7.87. The molecular formula is C22H28N2O4. The van der Waals surface area contributed by atoms with E-state index in [-0.39, 0.29) is 17.7 Å². The Bertz CT molecular complexity index is 874. The maximum Gasteiger partial charge on any atom is 0.290 e. The zero-order valence-corrected chi connectivity index (χ0v) is 16.7. The molecule has 2 aliphatic rings. The van der Waals surface area contributed by atoms with E-state index in [1.54, 1.807) is 12.0 Å². The van der Waals surface area contributed by atoms with Crippen LogP contribution in [0.3, 0.4) is 0 Å². The van der Waals surface area contributed by atoms with Crippen molar-refractivity contribution in [2.75, 3.05) is 33.3 Å². The number of fused-ring (bicyclic) bond motifs is 1. The third kappa shape index (κ3) is 3.48. The van der Waals surface area contributed by atoms with Gasteiger partial charge in [0.2, 0.25) is 5.91 Å². The Morgan fingerprint density at radius 1 is 1.04 bits per heavy atom. The maximum atomic E-state index is 13.0. The number of ether oxygens (including phenoxy) is 1. The molecule has 0 bridgehead atoms. The first-order chi connectivity index (χ1) is 13.6. The number of nitrogens with zero attached hydrogens (tertiary/aromatic N) is 2. The van der Waals surface area contributed by atoms with Crippen LogP contribution in [0.15, 0.2) is 22.6 Å². The number of aryl methyl sites for hydroxylation is 1. The van der Waals surface area contributed by atoms with Crippen molar-refractivity contribution in [2.24, 2.45) is 5.92 Å². The molecule has 1 aromatic heterocycles. The summed E-state index contributed by atoms with van der Waals surface area (Å²) in [6.45, 7) is 4.22. The molecule has 0 spiro atoms. The summed E-state index contributed by atoms with van der Waals surface area (Å²) in [6, 6.07) is 5.56. The van der Waals surface area contributed by atoms with E-state index in [2.05, 4.69) is 0 Å². The van der Waals surface area contributed by atoms with Gasteiger partial charge in [-0.25, -0.2) is 0 Å². The molecule has 0 atom stereocenters. The van der Waals surface area contributed by atoms with Crippen LogP contribution in [-0.2, 0) is 4.79 Å². The number of piperazine rings is 1. The van der Waals surface area contributed by atoms with Crippen LogP contribution in [-0.4, -0.2) is 54.9 Å². The average molecular weight is 384 g/mol. The summed E-state index contributed by atoms with van der Waals surface area (Å²) in [5.74, 6) is 1.49. The summed E-state index contributed by atoms with van der Waals surface area (Å²) in [5.41, 5.74) is 1.52. The van der Waals surface area contributed by atoms with Gasteiger partial charge < -0.3 is 19.0 Å².